The van der Waals surface area contributed by atoms with Gasteiger partial charge in [0.15, 0.2) is 0 Å². The first-order valence-corrected chi connectivity index (χ1v) is 2.73. The van der Waals surface area contributed by atoms with Crippen molar-refractivity contribution >= 4 is 0 Å². The minimum atomic E-state index is -3.03. The van der Waals surface area contributed by atoms with Crippen LogP contribution in [0, 0.1) is 5.82 Å². The molecule has 0 aromatic carbocycles. The number of halogens is 3. The molecule has 3 nitrogen and oxygen atoms in total. The van der Waals surface area contributed by atoms with Gasteiger partial charge in [-0.3, -0.25) is 0 Å². The van der Waals surface area contributed by atoms with Gasteiger partial charge in [-0.1, -0.05) is 0 Å². The van der Waals surface area contributed by atoms with Crippen LogP contribution in [-0.4, -0.2) is 16.4 Å². The van der Waals surface area contributed by atoms with Crippen LogP contribution >= 0.6 is 0 Å². The molecule has 0 unspecified atom stereocenters. The highest BCUT2D eigenvalue weighted by Crippen LogP contribution is 2.16. The Balaban J connectivity index is 2.83. The summed E-state index contributed by atoms with van der Waals surface area (Å²) in [6.07, 6.45) is 0.803. The molecule has 0 saturated carbocycles. The Labute approximate surface area is 60.4 Å². The van der Waals surface area contributed by atoms with Gasteiger partial charge in [-0.2, -0.15) is 18.3 Å². The average Bonchev–Trinajstić information content (AvgIpc) is 2.18. The maximum atomic E-state index is 12.4. The molecule has 62 valence electrons. The van der Waals surface area contributed by atoms with E-state index in [1.54, 1.807) is 0 Å². The van der Waals surface area contributed by atoms with Crippen LogP contribution < -0.4 is 4.74 Å². The Morgan fingerprint density at radius 2 is 2.27 bits per heavy atom. The summed E-state index contributed by atoms with van der Waals surface area (Å²) < 4.78 is 40.2. The van der Waals surface area contributed by atoms with Crippen LogP contribution in [-0.2, 0) is 7.05 Å². The van der Waals surface area contributed by atoms with E-state index in [1.807, 2.05) is 0 Å². The van der Waals surface area contributed by atoms with Crippen molar-refractivity contribution in [3.63, 3.8) is 0 Å². The zero-order valence-corrected chi connectivity index (χ0v) is 5.59. The predicted molar refractivity (Wildman–Crippen MR) is 29.8 cm³/mol. The number of aromatic nitrogens is 2. The van der Waals surface area contributed by atoms with Crippen LogP contribution in [0.2, 0.25) is 0 Å². The molecule has 0 spiro atoms. The Bertz CT molecular complexity index is 228. The Morgan fingerprint density at radius 1 is 1.64 bits per heavy atom. The van der Waals surface area contributed by atoms with Gasteiger partial charge in [-0.05, 0) is 0 Å². The van der Waals surface area contributed by atoms with Crippen molar-refractivity contribution in [3.8, 4) is 5.88 Å². The fraction of sp³-hybridized carbons (Fsp3) is 0.400. The van der Waals surface area contributed by atoms with Crippen LogP contribution in [0.5, 0.6) is 5.88 Å². The number of hydrogen-bond donors (Lipinski definition) is 0. The van der Waals surface area contributed by atoms with E-state index in [4.69, 9.17) is 0 Å². The van der Waals surface area contributed by atoms with E-state index < -0.39 is 18.3 Å². The molecule has 0 bridgehead atoms. The monoisotopic (exact) mass is 166 g/mol. The minimum Gasteiger partial charge on any atom is -0.414 e. The summed E-state index contributed by atoms with van der Waals surface area (Å²) in [5, 5.41) is 3.35. The first-order valence-electron chi connectivity index (χ1n) is 2.73. The van der Waals surface area contributed by atoms with E-state index in [-0.39, 0.29) is 0 Å². The lowest BCUT2D eigenvalue weighted by atomic mass is 10.6. The Morgan fingerprint density at radius 3 is 2.64 bits per heavy atom. The molecular formula is C5H5F3N2O. The normalized spacial score (nSPS) is 10.6. The smallest absolute Gasteiger partial charge is 0.388 e. The molecule has 1 rings (SSSR count). The van der Waals surface area contributed by atoms with Crippen LogP contribution in [0.3, 0.4) is 0 Å². The van der Waals surface area contributed by atoms with Crippen molar-refractivity contribution in [1.82, 2.24) is 9.78 Å². The standard InChI is InChI=1S/C5H5F3N2O/c1-10-4(11-5(7)8)3(6)2-9-10/h2,5H,1H3. The summed E-state index contributed by atoms with van der Waals surface area (Å²) in [7, 11) is 1.31. The average molecular weight is 166 g/mol. The van der Waals surface area contributed by atoms with Crippen LogP contribution in [0.15, 0.2) is 6.20 Å². The van der Waals surface area contributed by atoms with Crippen LogP contribution in [0.4, 0.5) is 13.2 Å². The maximum Gasteiger partial charge on any atom is 0.388 e. The summed E-state index contributed by atoms with van der Waals surface area (Å²) in [5.41, 5.74) is 0. The van der Waals surface area contributed by atoms with E-state index in [1.165, 1.54) is 7.05 Å². The molecule has 6 heteroatoms. The summed E-state index contributed by atoms with van der Waals surface area (Å²) in [5.74, 6) is -1.45. The predicted octanol–water partition coefficient (Wildman–Crippen LogP) is 1.16. The largest absolute Gasteiger partial charge is 0.414 e. The minimum absolute atomic E-state index is 0.556. The number of ether oxygens (including phenoxy) is 1. The van der Waals surface area contributed by atoms with Gasteiger partial charge < -0.3 is 4.74 Å². The van der Waals surface area contributed by atoms with Crippen molar-refractivity contribution in [1.29, 1.82) is 0 Å². The molecule has 1 aromatic heterocycles. The number of hydrogen-bond acceptors (Lipinski definition) is 2. The molecular weight excluding hydrogens is 161 g/mol. The number of nitrogens with zero attached hydrogens (tertiary/aromatic N) is 2. The molecule has 0 fully saturated rings. The van der Waals surface area contributed by atoms with Gasteiger partial charge in [0, 0.05) is 7.05 Å². The third kappa shape index (κ3) is 1.63. The first kappa shape index (κ1) is 7.90. The molecule has 11 heavy (non-hydrogen) atoms. The summed E-state index contributed by atoms with van der Waals surface area (Å²) in [6.45, 7) is -3.03. The summed E-state index contributed by atoms with van der Waals surface area (Å²) in [6, 6.07) is 0. The Hall–Kier alpha value is -1.20. The van der Waals surface area contributed by atoms with E-state index in [9.17, 15) is 13.2 Å². The molecule has 0 aliphatic rings. The third-order valence-corrected chi connectivity index (χ3v) is 1.04. The lowest BCUT2D eigenvalue weighted by Crippen LogP contribution is -2.07. The lowest BCUT2D eigenvalue weighted by Gasteiger charge is -2.02. The second-order valence-corrected chi connectivity index (χ2v) is 1.80. The Kier molecular flexibility index (Phi) is 2.02. The highest BCUT2D eigenvalue weighted by atomic mass is 19.3. The topological polar surface area (TPSA) is 27.1 Å². The SMILES string of the molecule is Cn1ncc(F)c1OC(F)F. The van der Waals surface area contributed by atoms with Crippen molar-refractivity contribution in [2.24, 2.45) is 7.05 Å². The molecule has 1 aromatic rings. The second-order valence-electron chi connectivity index (χ2n) is 1.80. The van der Waals surface area contributed by atoms with Gasteiger partial charge in [0.25, 0.3) is 5.88 Å². The van der Waals surface area contributed by atoms with Gasteiger partial charge in [0.1, 0.15) is 0 Å². The number of aryl methyl sites for hydroxylation is 1. The zero-order valence-electron chi connectivity index (χ0n) is 5.59. The first-order chi connectivity index (χ1) is 5.11. The van der Waals surface area contributed by atoms with Crippen LogP contribution in [0.25, 0.3) is 0 Å². The molecule has 0 amide bonds. The molecule has 0 radical (unpaired) electrons. The molecule has 0 aliphatic carbocycles. The van der Waals surface area contributed by atoms with Gasteiger partial charge in [-0.15, -0.1) is 0 Å². The van der Waals surface area contributed by atoms with E-state index >= 15 is 0 Å². The van der Waals surface area contributed by atoms with Gasteiger partial charge in [0.05, 0.1) is 6.20 Å². The van der Waals surface area contributed by atoms with Crippen molar-refractivity contribution in [2.45, 2.75) is 6.61 Å². The number of rotatable bonds is 2. The quantitative estimate of drug-likeness (QED) is 0.659. The summed E-state index contributed by atoms with van der Waals surface area (Å²) >= 11 is 0. The van der Waals surface area contributed by atoms with E-state index in [0.29, 0.717) is 0 Å². The molecule has 0 N–H and O–H groups in total. The molecule has 0 saturated heterocycles. The molecule has 1 heterocycles. The van der Waals surface area contributed by atoms with Gasteiger partial charge in [0.2, 0.25) is 5.82 Å². The van der Waals surface area contributed by atoms with Crippen molar-refractivity contribution in [2.75, 3.05) is 0 Å². The molecule has 0 aliphatic heterocycles. The number of alkyl halides is 2. The van der Waals surface area contributed by atoms with Gasteiger partial charge in [-0.25, -0.2) is 4.68 Å². The fourth-order valence-electron chi connectivity index (χ4n) is 0.616. The second kappa shape index (κ2) is 2.81. The molecule has 0 atom stereocenters. The lowest BCUT2D eigenvalue weighted by molar-refractivity contribution is -0.0576. The highest BCUT2D eigenvalue weighted by molar-refractivity contribution is 5.10. The maximum absolute atomic E-state index is 12.4. The summed E-state index contributed by atoms with van der Waals surface area (Å²) in [4.78, 5) is 0. The van der Waals surface area contributed by atoms with Crippen molar-refractivity contribution in [3.05, 3.63) is 12.0 Å². The van der Waals surface area contributed by atoms with Crippen molar-refractivity contribution < 1.29 is 17.9 Å². The van der Waals surface area contributed by atoms with Gasteiger partial charge >= 0.3 is 6.61 Å². The highest BCUT2D eigenvalue weighted by Gasteiger charge is 2.13. The van der Waals surface area contributed by atoms with Crippen LogP contribution in [0.1, 0.15) is 0 Å². The fourth-order valence-corrected chi connectivity index (χ4v) is 0.616. The zero-order chi connectivity index (χ0) is 8.43. The van der Waals surface area contributed by atoms with E-state index in [2.05, 4.69) is 9.84 Å². The van der Waals surface area contributed by atoms with E-state index in [0.717, 1.165) is 10.9 Å². The third-order valence-electron chi connectivity index (χ3n) is 1.04.